The number of piperazine rings is 1. The quantitative estimate of drug-likeness (QED) is 0.893. The molecule has 0 aromatic carbocycles. The van der Waals surface area contributed by atoms with E-state index in [2.05, 4.69) is 37.1 Å². The van der Waals surface area contributed by atoms with E-state index in [9.17, 15) is 0 Å². The van der Waals surface area contributed by atoms with E-state index >= 15 is 0 Å². The minimum Gasteiger partial charge on any atom is -0.311 e. The van der Waals surface area contributed by atoms with Crippen molar-refractivity contribution in [2.75, 3.05) is 19.6 Å². The summed E-state index contributed by atoms with van der Waals surface area (Å²) in [6.45, 7) is 10.4. The van der Waals surface area contributed by atoms with Gasteiger partial charge >= 0.3 is 0 Å². The lowest BCUT2D eigenvalue weighted by molar-refractivity contribution is 0.120. The predicted molar refractivity (Wildman–Crippen MR) is 85.3 cm³/mol. The molecule has 3 atom stereocenters. The third-order valence-electron chi connectivity index (χ3n) is 4.34. The Kier molecular flexibility index (Phi) is 5.70. The first-order chi connectivity index (χ1) is 9.10. The molecule has 1 aromatic rings. The molecule has 19 heavy (non-hydrogen) atoms. The van der Waals surface area contributed by atoms with Gasteiger partial charge in [0.2, 0.25) is 0 Å². The molecule has 1 saturated heterocycles. The van der Waals surface area contributed by atoms with Crippen molar-refractivity contribution in [1.29, 1.82) is 0 Å². The van der Waals surface area contributed by atoms with E-state index in [1.54, 1.807) is 11.3 Å². The van der Waals surface area contributed by atoms with E-state index in [1.807, 2.05) is 6.07 Å². The molecule has 2 rings (SSSR count). The van der Waals surface area contributed by atoms with Crippen molar-refractivity contribution in [3.05, 3.63) is 21.3 Å². The molecule has 1 aliphatic rings. The van der Waals surface area contributed by atoms with Gasteiger partial charge in [0.1, 0.15) is 0 Å². The van der Waals surface area contributed by atoms with Crippen LogP contribution in [0.1, 0.15) is 32.1 Å². The third-order valence-corrected chi connectivity index (χ3v) is 5.63. The van der Waals surface area contributed by atoms with Crippen LogP contribution in [0.4, 0.5) is 0 Å². The van der Waals surface area contributed by atoms with Gasteiger partial charge in [-0.1, -0.05) is 31.9 Å². The molecule has 0 radical (unpaired) electrons. The second-order valence-corrected chi connectivity index (χ2v) is 7.50. The van der Waals surface area contributed by atoms with Crippen LogP contribution in [0.25, 0.3) is 0 Å². The van der Waals surface area contributed by atoms with E-state index < -0.39 is 0 Å². The normalized spacial score (nSPS) is 26.5. The molecule has 2 nitrogen and oxygen atoms in total. The average Bonchev–Trinajstić information content (AvgIpc) is 2.82. The molecular weight excluding hydrogens is 276 g/mol. The molecule has 4 heteroatoms. The molecule has 0 amide bonds. The lowest BCUT2D eigenvalue weighted by Gasteiger charge is -2.41. The zero-order valence-corrected chi connectivity index (χ0v) is 13.7. The van der Waals surface area contributed by atoms with Gasteiger partial charge < -0.3 is 5.32 Å². The zero-order chi connectivity index (χ0) is 13.8. The lowest BCUT2D eigenvalue weighted by Crippen LogP contribution is -2.57. The Morgan fingerprint density at radius 2 is 2.32 bits per heavy atom. The average molecular weight is 301 g/mol. The van der Waals surface area contributed by atoms with Crippen LogP contribution >= 0.6 is 22.9 Å². The SMILES string of the molecule is CCC(C)C1CN(CCc2ccc(Cl)s2)C(C)CN1. The van der Waals surface area contributed by atoms with E-state index in [0.29, 0.717) is 12.1 Å². The van der Waals surface area contributed by atoms with Crippen molar-refractivity contribution in [1.82, 2.24) is 10.2 Å². The monoisotopic (exact) mass is 300 g/mol. The van der Waals surface area contributed by atoms with Gasteiger partial charge in [-0.25, -0.2) is 0 Å². The van der Waals surface area contributed by atoms with Crippen LogP contribution in [0.15, 0.2) is 12.1 Å². The second kappa shape index (κ2) is 7.07. The van der Waals surface area contributed by atoms with Gasteiger partial charge in [0.05, 0.1) is 4.34 Å². The van der Waals surface area contributed by atoms with E-state index in [-0.39, 0.29) is 0 Å². The second-order valence-electron chi connectivity index (χ2n) is 5.70. The molecule has 1 aliphatic heterocycles. The fourth-order valence-corrected chi connectivity index (χ4v) is 3.74. The molecule has 3 unspecified atom stereocenters. The van der Waals surface area contributed by atoms with Crippen molar-refractivity contribution in [3.63, 3.8) is 0 Å². The summed E-state index contributed by atoms with van der Waals surface area (Å²) < 4.78 is 0.904. The van der Waals surface area contributed by atoms with Crippen LogP contribution in [0.2, 0.25) is 4.34 Å². The summed E-state index contributed by atoms with van der Waals surface area (Å²) in [5, 5.41) is 3.69. The first kappa shape index (κ1) is 15.3. The molecular formula is C15H25ClN2S. The lowest BCUT2D eigenvalue weighted by atomic mass is 9.95. The van der Waals surface area contributed by atoms with Gasteiger partial charge in [-0.2, -0.15) is 0 Å². The van der Waals surface area contributed by atoms with E-state index in [1.165, 1.54) is 17.8 Å². The van der Waals surface area contributed by atoms with E-state index in [0.717, 1.165) is 29.8 Å². The van der Waals surface area contributed by atoms with Crippen molar-refractivity contribution < 1.29 is 0 Å². The van der Waals surface area contributed by atoms with Gasteiger partial charge in [0, 0.05) is 36.6 Å². The summed E-state index contributed by atoms with van der Waals surface area (Å²) in [5.41, 5.74) is 0. The third kappa shape index (κ3) is 4.19. The molecule has 1 fully saturated rings. The maximum atomic E-state index is 5.99. The largest absolute Gasteiger partial charge is 0.311 e. The summed E-state index contributed by atoms with van der Waals surface area (Å²) in [4.78, 5) is 4.02. The molecule has 1 N–H and O–H groups in total. The van der Waals surface area contributed by atoms with Crippen molar-refractivity contribution in [2.24, 2.45) is 5.92 Å². The van der Waals surface area contributed by atoms with Gasteiger partial charge in [-0.15, -0.1) is 11.3 Å². The topological polar surface area (TPSA) is 15.3 Å². The maximum absolute atomic E-state index is 5.99. The highest BCUT2D eigenvalue weighted by Gasteiger charge is 2.27. The molecule has 108 valence electrons. The summed E-state index contributed by atoms with van der Waals surface area (Å²) in [6.07, 6.45) is 2.37. The van der Waals surface area contributed by atoms with Crippen LogP contribution in [0, 0.1) is 5.92 Å². The molecule has 1 aromatic heterocycles. The standard InChI is InChI=1S/C15H25ClN2S/c1-4-11(2)14-10-18(12(3)9-17-14)8-7-13-5-6-15(16)19-13/h5-6,11-12,14,17H,4,7-10H2,1-3H3. The predicted octanol–water partition coefficient (Wildman–Crippen LogP) is 3.65. The highest BCUT2D eigenvalue weighted by molar-refractivity contribution is 7.16. The fourth-order valence-electron chi connectivity index (χ4n) is 2.67. The first-order valence-electron chi connectivity index (χ1n) is 7.31. The summed E-state index contributed by atoms with van der Waals surface area (Å²) in [7, 11) is 0. The number of rotatable bonds is 5. The smallest absolute Gasteiger partial charge is 0.0931 e. The van der Waals surface area contributed by atoms with E-state index in [4.69, 9.17) is 11.6 Å². The van der Waals surface area contributed by atoms with Crippen LogP contribution < -0.4 is 5.32 Å². The summed E-state index contributed by atoms with van der Waals surface area (Å²) in [6, 6.07) is 5.44. The summed E-state index contributed by atoms with van der Waals surface area (Å²) >= 11 is 7.70. The Balaban J connectivity index is 1.86. The Bertz CT molecular complexity index is 393. The van der Waals surface area contributed by atoms with Gasteiger partial charge in [0.15, 0.2) is 0 Å². The molecule has 2 heterocycles. The van der Waals surface area contributed by atoms with Crippen molar-refractivity contribution in [3.8, 4) is 0 Å². The Morgan fingerprint density at radius 3 is 2.95 bits per heavy atom. The number of thiophene rings is 1. The number of hydrogen-bond donors (Lipinski definition) is 1. The van der Waals surface area contributed by atoms with Gasteiger partial charge in [-0.3, -0.25) is 4.90 Å². The van der Waals surface area contributed by atoms with Crippen molar-refractivity contribution in [2.45, 2.75) is 45.7 Å². The van der Waals surface area contributed by atoms with Crippen LogP contribution in [0.5, 0.6) is 0 Å². The highest BCUT2D eigenvalue weighted by atomic mass is 35.5. The Labute approximate surface area is 126 Å². The van der Waals surface area contributed by atoms with Crippen LogP contribution in [0.3, 0.4) is 0 Å². The Hall–Kier alpha value is -0.0900. The molecule has 0 bridgehead atoms. The summed E-state index contributed by atoms with van der Waals surface area (Å²) in [5.74, 6) is 0.756. The number of halogens is 1. The maximum Gasteiger partial charge on any atom is 0.0931 e. The first-order valence-corrected chi connectivity index (χ1v) is 8.51. The van der Waals surface area contributed by atoms with Crippen LogP contribution in [-0.4, -0.2) is 36.6 Å². The molecule has 0 aliphatic carbocycles. The zero-order valence-electron chi connectivity index (χ0n) is 12.2. The minimum absolute atomic E-state index is 0.635. The van der Waals surface area contributed by atoms with Crippen molar-refractivity contribution >= 4 is 22.9 Å². The highest BCUT2D eigenvalue weighted by Crippen LogP contribution is 2.23. The van der Waals surface area contributed by atoms with Gasteiger partial charge in [-0.05, 0) is 31.4 Å². The fraction of sp³-hybridized carbons (Fsp3) is 0.733. The molecule has 0 saturated carbocycles. The number of hydrogen-bond acceptors (Lipinski definition) is 3. The Morgan fingerprint density at radius 1 is 1.53 bits per heavy atom. The number of nitrogens with one attached hydrogen (secondary N) is 1. The van der Waals surface area contributed by atoms with Gasteiger partial charge in [0.25, 0.3) is 0 Å². The minimum atomic E-state index is 0.635. The van der Waals surface area contributed by atoms with Crippen LogP contribution in [-0.2, 0) is 6.42 Å². The number of nitrogens with zero attached hydrogens (tertiary/aromatic N) is 1. The molecule has 0 spiro atoms.